The van der Waals surface area contributed by atoms with Gasteiger partial charge in [0.1, 0.15) is 0 Å². The Morgan fingerprint density at radius 3 is 1.00 bits per heavy atom. The summed E-state index contributed by atoms with van der Waals surface area (Å²) < 4.78 is 9.72. The van der Waals surface area contributed by atoms with Gasteiger partial charge in [0.15, 0.2) is 0 Å². The average molecular weight is 338 g/mol. The van der Waals surface area contributed by atoms with Crippen molar-refractivity contribution in [1.29, 1.82) is 0 Å². The SMILES string of the molecule is C=C.C=C.C=C.C=C.C=C(C)C(=O)OCCCCOC(=O)C(=C)C. The van der Waals surface area contributed by atoms with E-state index in [4.69, 9.17) is 9.47 Å². The second kappa shape index (κ2) is 32.4. The first-order chi connectivity index (χ1) is 11.4. The molecule has 0 unspecified atom stereocenters. The second-order valence-electron chi connectivity index (χ2n) is 3.54. The first-order valence-corrected chi connectivity index (χ1v) is 7.10. The van der Waals surface area contributed by atoms with Gasteiger partial charge in [-0.15, -0.1) is 52.6 Å². The Labute approximate surface area is 148 Å². The van der Waals surface area contributed by atoms with Gasteiger partial charge in [0.25, 0.3) is 0 Å². The van der Waals surface area contributed by atoms with Crippen molar-refractivity contribution in [3.63, 3.8) is 0 Å². The summed E-state index contributed by atoms with van der Waals surface area (Å²) in [4.78, 5) is 21.9. The second-order valence-corrected chi connectivity index (χ2v) is 3.54. The molecule has 0 atom stereocenters. The molecule has 0 bridgehead atoms. The summed E-state index contributed by atoms with van der Waals surface area (Å²) in [5, 5.41) is 0. The molecule has 0 radical (unpaired) electrons. The van der Waals surface area contributed by atoms with Crippen molar-refractivity contribution >= 4 is 11.9 Å². The third-order valence-corrected chi connectivity index (χ3v) is 1.70. The summed E-state index contributed by atoms with van der Waals surface area (Å²) >= 11 is 0. The highest BCUT2D eigenvalue weighted by molar-refractivity contribution is 5.87. The molecule has 0 N–H and O–H groups in total. The lowest BCUT2D eigenvalue weighted by molar-refractivity contribution is -0.141. The van der Waals surface area contributed by atoms with Crippen molar-refractivity contribution in [1.82, 2.24) is 0 Å². The van der Waals surface area contributed by atoms with Crippen LogP contribution in [0, 0.1) is 0 Å². The molecule has 0 fully saturated rings. The van der Waals surface area contributed by atoms with Gasteiger partial charge in [0.05, 0.1) is 13.2 Å². The molecule has 4 heteroatoms. The maximum Gasteiger partial charge on any atom is 0.333 e. The van der Waals surface area contributed by atoms with Gasteiger partial charge >= 0.3 is 11.9 Å². The van der Waals surface area contributed by atoms with Gasteiger partial charge in [-0.3, -0.25) is 0 Å². The largest absolute Gasteiger partial charge is 0.462 e. The zero-order valence-electron chi connectivity index (χ0n) is 15.5. The van der Waals surface area contributed by atoms with Gasteiger partial charge in [-0.25, -0.2) is 9.59 Å². The average Bonchev–Trinajstić information content (AvgIpc) is 2.64. The minimum atomic E-state index is -0.390. The van der Waals surface area contributed by atoms with E-state index in [9.17, 15) is 9.59 Å². The minimum Gasteiger partial charge on any atom is -0.462 e. The molecular formula is C20H34O4. The monoisotopic (exact) mass is 338 g/mol. The molecule has 0 saturated heterocycles. The Morgan fingerprint density at radius 2 is 0.833 bits per heavy atom. The van der Waals surface area contributed by atoms with Gasteiger partial charge in [-0.05, 0) is 26.7 Å². The lowest BCUT2D eigenvalue weighted by atomic mass is 10.3. The first-order valence-electron chi connectivity index (χ1n) is 7.10. The zero-order chi connectivity index (χ0) is 20.6. The van der Waals surface area contributed by atoms with Crippen molar-refractivity contribution in [3.8, 4) is 0 Å². The highest BCUT2D eigenvalue weighted by atomic mass is 16.5. The number of hydrogen-bond donors (Lipinski definition) is 0. The molecule has 0 rings (SSSR count). The van der Waals surface area contributed by atoms with Crippen LogP contribution in [0.5, 0.6) is 0 Å². The smallest absolute Gasteiger partial charge is 0.333 e. The maximum absolute atomic E-state index is 11.0. The third kappa shape index (κ3) is 31.7. The van der Waals surface area contributed by atoms with Crippen molar-refractivity contribution in [3.05, 3.63) is 76.9 Å². The van der Waals surface area contributed by atoms with Gasteiger partial charge < -0.3 is 9.47 Å². The molecule has 24 heavy (non-hydrogen) atoms. The van der Waals surface area contributed by atoms with Crippen LogP contribution < -0.4 is 0 Å². The van der Waals surface area contributed by atoms with Gasteiger partial charge in [0, 0.05) is 11.1 Å². The highest BCUT2D eigenvalue weighted by Crippen LogP contribution is 1.98. The fourth-order valence-corrected chi connectivity index (χ4v) is 0.780. The summed E-state index contributed by atoms with van der Waals surface area (Å²) in [5.41, 5.74) is 0.766. The first kappa shape index (κ1) is 33.1. The van der Waals surface area contributed by atoms with E-state index < -0.39 is 0 Å². The highest BCUT2D eigenvalue weighted by Gasteiger charge is 2.03. The van der Waals surface area contributed by atoms with Crippen LogP contribution >= 0.6 is 0 Å². The molecule has 4 nitrogen and oxygen atoms in total. The number of ether oxygens (including phenoxy) is 2. The predicted octanol–water partition coefficient (Wildman–Crippen LogP) is 5.21. The maximum atomic E-state index is 11.0. The Balaban J connectivity index is -0.000000130. The molecule has 0 amide bonds. The van der Waals surface area contributed by atoms with Crippen LogP contribution in [0.25, 0.3) is 0 Å². The summed E-state index contributed by atoms with van der Waals surface area (Å²) in [6.45, 7) is 34.7. The van der Waals surface area contributed by atoms with Gasteiger partial charge in [-0.1, -0.05) is 13.2 Å². The van der Waals surface area contributed by atoms with Crippen LogP contribution in [0.15, 0.2) is 76.9 Å². The third-order valence-electron chi connectivity index (χ3n) is 1.70. The molecule has 0 spiro atoms. The summed E-state index contributed by atoms with van der Waals surface area (Å²) in [6, 6.07) is 0. The molecule has 0 aliphatic carbocycles. The van der Waals surface area contributed by atoms with Crippen LogP contribution in [0.1, 0.15) is 26.7 Å². The quantitative estimate of drug-likeness (QED) is 0.276. The van der Waals surface area contributed by atoms with Crippen molar-refractivity contribution in [2.24, 2.45) is 0 Å². The summed E-state index contributed by atoms with van der Waals surface area (Å²) in [5.74, 6) is -0.780. The topological polar surface area (TPSA) is 52.6 Å². The van der Waals surface area contributed by atoms with E-state index in [0.29, 0.717) is 37.2 Å². The van der Waals surface area contributed by atoms with Crippen LogP contribution in [-0.2, 0) is 19.1 Å². The van der Waals surface area contributed by atoms with E-state index in [1.165, 1.54) is 0 Å². The zero-order valence-corrected chi connectivity index (χ0v) is 15.5. The molecule has 0 saturated carbocycles. The number of esters is 2. The van der Waals surface area contributed by atoms with E-state index >= 15 is 0 Å². The molecule has 138 valence electrons. The van der Waals surface area contributed by atoms with Crippen LogP contribution in [0.4, 0.5) is 0 Å². The summed E-state index contributed by atoms with van der Waals surface area (Å²) in [6.07, 6.45) is 1.31. The summed E-state index contributed by atoms with van der Waals surface area (Å²) in [7, 11) is 0. The van der Waals surface area contributed by atoms with Crippen molar-refractivity contribution in [2.75, 3.05) is 13.2 Å². The molecular weight excluding hydrogens is 304 g/mol. The standard InChI is InChI=1S/C12H18O4.4C2H4/c1-9(2)11(13)15-7-5-6-8-16-12(14)10(3)4;4*1-2/h1,3,5-8H2,2,4H3;4*1-2H2. The van der Waals surface area contributed by atoms with Gasteiger partial charge in [-0.2, -0.15) is 0 Å². The lowest BCUT2D eigenvalue weighted by Crippen LogP contribution is -2.09. The number of unbranched alkanes of at least 4 members (excludes halogenated alkanes) is 1. The van der Waals surface area contributed by atoms with Crippen molar-refractivity contribution in [2.45, 2.75) is 26.7 Å². The van der Waals surface area contributed by atoms with E-state index in [-0.39, 0.29) is 11.9 Å². The Kier molecular flexibility index (Phi) is 44.6. The normalized spacial score (nSPS) is 6.92. The molecule has 0 heterocycles. The molecule has 0 aromatic carbocycles. The Hall–Kier alpha value is -2.62. The lowest BCUT2D eigenvalue weighted by Gasteiger charge is -2.05. The molecule has 0 aliphatic rings. The van der Waals surface area contributed by atoms with E-state index in [0.717, 1.165) is 0 Å². The molecule has 0 aromatic rings. The molecule has 0 aromatic heterocycles. The fraction of sp³-hybridized carbons (Fsp3) is 0.300. The molecule has 0 aliphatic heterocycles. The number of carbonyl (C=O) groups excluding carboxylic acids is 2. The Morgan fingerprint density at radius 1 is 0.625 bits per heavy atom. The van der Waals surface area contributed by atoms with Crippen LogP contribution in [0.2, 0.25) is 0 Å². The Bertz CT molecular complexity index is 308. The number of rotatable bonds is 7. The van der Waals surface area contributed by atoms with Gasteiger partial charge in [0.2, 0.25) is 0 Å². The van der Waals surface area contributed by atoms with Crippen LogP contribution in [0.3, 0.4) is 0 Å². The van der Waals surface area contributed by atoms with E-state index in [1.54, 1.807) is 13.8 Å². The van der Waals surface area contributed by atoms with Crippen molar-refractivity contribution < 1.29 is 19.1 Å². The number of carbonyl (C=O) groups is 2. The van der Waals surface area contributed by atoms with E-state index in [2.05, 4.69) is 65.8 Å². The minimum absolute atomic E-state index is 0.316. The number of hydrogen-bond acceptors (Lipinski definition) is 4. The predicted molar refractivity (Wildman–Crippen MR) is 106 cm³/mol. The fourth-order valence-electron chi connectivity index (χ4n) is 0.780. The van der Waals surface area contributed by atoms with E-state index in [1.807, 2.05) is 0 Å². The van der Waals surface area contributed by atoms with Crippen LogP contribution in [-0.4, -0.2) is 25.2 Å².